The number of aryl methyl sites for hydroxylation is 1. The van der Waals surface area contributed by atoms with Crippen molar-refractivity contribution in [3.63, 3.8) is 0 Å². The number of nitrogens with one attached hydrogen (secondary N) is 2. The molecule has 4 aliphatic rings. The lowest BCUT2D eigenvalue weighted by Crippen LogP contribution is -2.49. The van der Waals surface area contributed by atoms with Gasteiger partial charge in [-0.05, 0) is 89.2 Å². The summed E-state index contributed by atoms with van der Waals surface area (Å²) in [4.78, 5) is 34.5. The van der Waals surface area contributed by atoms with Crippen LogP contribution in [0.15, 0.2) is 23.1 Å². The van der Waals surface area contributed by atoms with Crippen molar-refractivity contribution in [1.29, 1.82) is 0 Å². The number of pyridine rings is 2. The van der Waals surface area contributed by atoms with E-state index in [1.54, 1.807) is 0 Å². The van der Waals surface area contributed by atoms with Crippen molar-refractivity contribution < 1.29 is 18.0 Å². The topological polar surface area (TPSA) is 79.3 Å². The van der Waals surface area contributed by atoms with Crippen LogP contribution in [0.5, 0.6) is 0 Å². The van der Waals surface area contributed by atoms with E-state index in [4.69, 9.17) is 0 Å². The molecule has 0 radical (unpaired) electrons. The molecule has 242 valence electrons. The van der Waals surface area contributed by atoms with Crippen LogP contribution < -0.4 is 16.2 Å². The van der Waals surface area contributed by atoms with Gasteiger partial charge in [-0.3, -0.25) is 19.5 Å². The maximum atomic E-state index is 14.3. The van der Waals surface area contributed by atoms with Crippen LogP contribution in [0, 0.1) is 24.7 Å². The van der Waals surface area contributed by atoms with Gasteiger partial charge < -0.3 is 15.2 Å². The minimum absolute atomic E-state index is 0.0405. The molecule has 1 aliphatic heterocycles. The molecule has 1 saturated heterocycles. The number of fused-ring (bicyclic) bond motifs is 1. The highest BCUT2D eigenvalue weighted by atomic mass is 19.4. The fourth-order valence-corrected chi connectivity index (χ4v) is 8.63. The van der Waals surface area contributed by atoms with Crippen LogP contribution in [0.4, 0.5) is 13.2 Å². The number of aromatic nitrogens is 2. The van der Waals surface area contributed by atoms with E-state index in [0.29, 0.717) is 26.1 Å². The van der Waals surface area contributed by atoms with E-state index in [1.807, 2.05) is 36.7 Å². The van der Waals surface area contributed by atoms with Gasteiger partial charge in [-0.1, -0.05) is 26.2 Å². The molecule has 0 bridgehead atoms. The number of nitrogens with zero attached hydrogens (tertiary/aromatic N) is 3. The predicted octanol–water partition coefficient (Wildman–Crippen LogP) is 6.20. The van der Waals surface area contributed by atoms with Crippen LogP contribution in [0.25, 0.3) is 10.9 Å². The second-order valence-corrected chi connectivity index (χ2v) is 14.4. The third kappa shape index (κ3) is 6.57. The molecule has 2 aromatic rings. The molecule has 3 heterocycles. The second-order valence-electron chi connectivity index (χ2n) is 14.4. The Kier molecular flexibility index (Phi) is 9.12. The molecule has 44 heavy (non-hydrogen) atoms. The second kappa shape index (κ2) is 12.7. The fraction of sp³-hybridized carbons (Fsp3) is 0.735. The predicted molar refractivity (Wildman–Crippen MR) is 165 cm³/mol. The summed E-state index contributed by atoms with van der Waals surface area (Å²) in [6, 6.07) is 4.00. The van der Waals surface area contributed by atoms with Gasteiger partial charge >= 0.3 is 6.18 Å². The molecule has 2 aromatic heterocycles. The van der Waals surface area contributed by atoms with Crippen molar-refractivity contribution in [3.05, 3.63) is 39.9 Å². The van der Waals surface area contributed by atoms with Crippen LogP contribution in [0.1, 0.15) is 108 Å². The van der Waals surface area contributed by atoms with Crippen LogP contribution in [0.3, 0.4) is 0 Å². The smallest absolute Gasteiger partial charge is 0.353 e. The quantitative estimate of drug-likeness (QED) is 0.419. The van der Waals surface area contributed by atoms with Crippen molar-refractivity contribution in [2.75, 3.05) is 13.2 Å². The number of amides is 1. The highest BCUT2D eigenvalue weighted by molar-refractivity contribution is 5.80. The first-order valence-corrected chi connectivity index (χ1v) is 16.8. The van der Waals surface area contributed by atoms with E-state index in [0.717, 1.165) is 60.7 Å². The molecular weight excluding hydrogens is 567 g/mol. The van der Waals surface area contributed by atoms with Gasteiger partial charge in [0.15, 0.2) is 0 Å². The first-order chi connectivity index (χ1) is 21.0. The van der Waals surface area contributed by atoms with Crippen molar-refractivity contribution in [2.24, 2.45) is 17.8 Å². The van der Waals surface area contributed by atoms with E-state index >= 15 is 0 Å². The van der Waals surface area contributed by atoms with Gasteiger partial charge in [-0.25, -0.2) is 0 Å². The summed E-state index contributed by atoms with van der Waals surface area (Å²) < 4.78 is 44.0. The molecule has 2 N–H and O–H groups in total. The molecular formula is C34H48F3N5O2. The summed E-state index contributed by atoms with van der Waals surface area (Å²) in [6.07, 6.45) is 5.54. The number of alkyl halides is 3. The zero-order valence-corrected chi connectivity index (χ0v) is 26.3. The normalized spacial score (nSPS) is 32.6. The molecule has 4 fully saturated rings. The van der Waals surface area contributed by atoms with E-state index in [1.165, 1.54) is 6.42 Å². The largest absolute Gasteiger partial charge is 0.391 e. The molecule has 7 unspecified atom stereocenters. The SMILES string of the molecule is Cc1cc2c(cn1)cc(C1CC(NC(=O)C3CC(N4CNC(C)C4)CC(C(F)(F)F)C3)CCC1C)c(=O)n2C1CCCCC1. The molecule has 10 heteroatoms. The van der Waals surface area contributed by atoms with Gasteiger partial charge in [0.05, 0.1) is 11.4 Å². The Morgan fingerprint density at radius 1 is 1.00 bits per heavy atom. The summed E-state index contributed by atoms with van der Waals surface area (Å²) in [5, 5.41) is 7.46. The van der Waals surface area contributed by atoms with Gasteiger partial charge in [0.25, 0.3) is 5.56 Å². The Hall–Kier alpha value is -2.46. The molecule has 0 aromatic carbocycles. The van der Waals surface area contributed by atoms with Gasteiger partial charge in [-0.2, -0.15) is 13.2 Å². The fourth-order valence-electron chi connectivity index (χ4n) is 8.63. The lowest BCUT2D eigenvalue weighted by atomic mass is 9.73. The molecule has 6 rings (SSSR count). The van der Waals surface area contributed by atoms with Crippen molar-refractivity contribution >= 4 is 16.8 Å². The van der Waals surface area contributed by atoms with Crippen molar-refractivity contribution in [2.45, 2.75) is 128 Å². The van der Waals surface area contributed by atoms with E-state index in [-0.39, 0.29) is 60.3 Å². The minimum Gasteiger partial charge on any atom is -0.353 e. The van der Waals surface area contributed by atoms with Gasteiger partial charge in [0.2, 0.25) is 5.91 Å². The highest BCUT2D eigenvalue weighted by Gasteiger charge is 2.48. The van der Waals surface area contributed by atoms with Crippen LogP contribution in [0.2, 0.25) is 0 Å². The number of carbonyl (C=O) groups is 1. The monoisotopic (exact) mass is 615 g/mol. The van der Waals surface area contributed by atoms with Crippen LogP contribution >= 0.6 is 0 Å². The molecule has 3 saturated carbocycles. The Bertz CT molecular complexity index is 1400. The average molecular weight is 616 g/mol. The lowest BCUT2D eigenvalue weighted by molar-refractivity contribution is -0.191. The Balaban J connectivity index is 1.23. The van der Waals surface area contributed by atoms with Crippen LogP contribution in [-0.4, -0.2) is 57.9 Å². The van der Waals surface area contributed by atoms with Gasteiger partial charge in [0, 0.05) is 66.1 Å². The van der Waals surface area contributed by atoms with Crippen LogP contribution in [-0.2, 0) is 4.79 Å². The van der Waals surface area contributed by atoms with Crippen molar-refractivity contribution in [1.82, 2.24) is 25.1 Å². The zero-order chi connectivity index (χ0) is 31.2. The van der Waals surface area contributed by atoms with Crippen molar-refractivity contribution in [3.8, 4) is 0 Å². The first kappa shape index (κ1) is 31.5. The van der Waals surface area contributed by atoms with Gasteiger partial charge in [0.1, 0.15) is 0 Å². The molecule has 3 aliphatic carbocycles. The molecule has 1 amide bonds. The number of rotatable bonds is 5. The number of carbonyl (C=O) groups excluding carboxylic acids is 1. The summed E-state index contributed by atoms with van der Waals surface area (Å²) in [5.41, 5.74) is 2.68. The maximum absolute atomic E-state index is 14.3. The summed E-state index contributed by atoms with van der Waals surface area (Å²) in [7, 11) is 0. The lowest BCUT2D eigenvalue weighted by Gasteiger charge is -2.40. The van der Waals surface area contributed by atoms with Gasteiger partial charge in [-0.15, -0.1) is 0 Å². The standard InChI is InChI=1S/C34H48F3N5O2/c1-20-9-10-26(40-32(43)23-12-25(34(35,36)37)15-28(13-23)41-18-22(3)39-19-41)16-29(20)30-14-24-17-38-21(2)11-31(24)42(33(30)44)27-7-5-4-6-8-27/h11,14,17,20,22-23,25-29,39H,4-10,12-13,15-16,18-19H2,1-3H3,(H,40,43). The summed E-state index contributed by atoms with van der Waals surface area (Å²) >= 11 is 0. The summed E-state index contributed by atoms with van der Waals surface area (Å²) in [6.45, 7) is 7.42. The van der Waals surface area contributed by atoms with E-state index in [2.05, 4.69) is 27.4 Å². The Labute approximate surface area is 258 Å². The third-order valence-electron chi connectivity index (χ3n) is 11.1. The average Bonchev–Trinajstić information content (AvgIpc) is 3.44. The van der Waals surface area contributed by atoms with E-state index in [9.17, 15) is 22.8 Å². The zero-order valence-electron chi connectivity index (χ0n) is 26.3. The minimum atomic E-state index is -4.32. The third-order valence-corrected chi connectivity index (χ3v) is 11.1. The molecule has 7 nitrogen and oxygen atoms in total. The summed E-state index contributed by atoms with van der Waals surface area (Å²) in [5.74, 6) is -2.20. The highest BCUT2D eigenvalue weighted by Crippen LogP contribution is 2.43. The number of hydrogen-bond acceptors (Lipinski definition) is 5. The van der Waals surface area contributed by atoms with E-state index < -0.39 is 18.0 Å². The Morgan fingerprint density at radius 2 is 1.77 bits per heavy atom. The maximum Gasteiger partial charge on any atom is 0.391 e. The number of halogens is 3. The first-order valence-electron chi connectivity index (χ1n) is 16.8. The molecule has 0 spiro atoms. The Morgan fingerprint density at radius 3 is 2.48 bits per heavy atom. The molecule has 7 atom stereocenters. The number of hydrogen-bond donors (Lipinski definition) is 2.